The van der Waals surface area contributed by atoms with Crippen LogP contribution in [0.2, 0.25) is 0 Å². The summed E-state index contributed by atoms with van der Waals surface area (Å²) in [5.41, 5.74) is 12.6. The Kier molecular flexibility index (Phi) is 6.56. The van der Waals surface area contributed by atoms with E-state index in [1.807, 2.05) is 72.8 Å². The van der Waals surface area contributed by atoms with Gasteiger partial charge in [-0.1, -0.05) is 109 Å². The van der Waals surface area contributed by atoms with Gasteiger partial charge in [0.15, 0.2) is 5.84 Å². The van der Waals surface area contributed by atoms with Crippen molar-refractivity contribution in [2.45, 2.75) is 0 Å². The van der Waals surface area contributed by atoms with E-state index in [0.29, 0.717) is 11.7 Å². The van der Waals surface area contributed by atoms with E-state index in [1.54, 1.807) is 0 Å². The minimum atomic E-state index is 0.111. The van der Waals surface area contributed by atoms with Gasteiger partial charge in [0, 0.05) is 11.1 Å². The number of halogens is 1. The van der Waals surface area contributed by atoms with E-state index in [9.17, 15) is 0 Å². The predicted molar refractivity (Wildman–Crippen MR) is 132 cm³/mol. The molecule has 152 valence electrons. The summed E-state index contributed by atoms with van der Waals surface area (Å²) in [6.45, 7) is 0. The molecule has 3 nitrogen and oxygen atoms in total. The molecule has 0 fully saturated rings. The van der Waals surface area contributed by atoms with Crippen LogP contribution in [0.25, 0.3) is 22.3 Å². The second-order valence-corrected chi connectivity index (χ2v) is 7.22. The second-order valence-electron chi connectivity index (χ2n) is 6.99. The van der Waals surface area contributed by atoms with Gasteiger partial charge in [0.25, 0.3) is 0 Å². The number of hydrogen-bond acceptors (Lipinski definition) is 1. The molecule has 0 radical (unpaired) electrons. The molecular weight excluding hydrogens is 402 g/mol. The summed E-state index contributed by atoms with van der Waals surface area (Å²) in [6.07, 6.45) is 0. The van der Waals surface area contributed by atoms with E-state index < -0.39 is 0 Å². The summed E-state index contributed by atoms with van der Waals surface area (Å²) in [5.74, 6) is 0.912. The zero-order valence-corrected chi connectivity index (χ0v) is 17.7. The number of nitrogens with zero attached hydrogens (tertiary/aromatic N) is 2. The zero-order valence-electron chi connectivity index (χ0n) is 16.9. The van der Waals surface area contributed by atoms with Crippen LogP contribution in [-0.2, 0) is 0 Å². The summed E-state index contributed by atoms with van der Waals surface area (Å²) in [4.78, 5) is 8.91. The maximum atomic E-state index is 6.30. The SMILES string of the molecule is NC(=NC(=NCCl)c1ccc(-c2ccccc2)cc1)c1ccc(-c2ccccc2)cc1. The van der Waals surface area contributed by atoms with Gasteiger partial charge in [-0.15, -0.1) is 11.6 Å². The van der Waals surface area contributed by atoms with Crippen LogP contribution >= 0.6 is 11.6 Å². The van der Waals surface area contributed by atoms with Gasteiger partial charge in [-0.05, 0) is 22.3 Å². The van der Waals surface area contributed by atoms with Crippen molar-refractivity contribution in [2.75, 3.05) is 6.00 Å². The van der Waals surface area contributed by atoms with E-state index in [4.69, 9.17) is 17.3 Å². The summed E-state index contributed by atoms with van der Waals surface area (Å²) >= 11 is 5.89. The molecule has 0 heterocycles. The molecule has 0 aliphatic heterocycles. The number of benzene rings is 4. The Morgan fingerprint density at radius 2 is 1.00 bits per heavy atom. The smallest absolute Gasteiger partial charge is 0.158 e. The largest absolute Gasteiger partial charge is 0.383 e. The molecule has 4 aromatic rings. The molecule has 4 heteroatoms. The molecule has 0 unspecified atom stereocenters. The van der Waals surface area contributed by atoms with E-state index >= 15 is 0 Å². The number of alkyl halides is 1. The molecule has 0 spiro atoms. The topological polar surface area (TPSA) is 50.7 Å². The van der Waals surface area contributed by atoms with Gasteiger partial charge in [0.1, 0.15) is 11.8 Å². The minimum Gasteiger partial charge on any atom is -0.383 e. The van der Waals surface area contributed by atoms with Gasteiger partial charge in [0.2, 0.25) is 0 Å². The fraction of sp³-hybridized carbons (Fsp3) is 0.0370. The molecule has 31 heavy (non-hydrogen) atoms. The second kappa shape index (κ2) is 9.88. The summed E-state index contributed by atoms with van der Waals surface area (Å²) in [7, 11) is 0. The molecule has 0 bridgehead atoms. The average Bonchev–Trinajstić information content (AvgIpc) is 2.85. The van der Waals surface area contributed by atoms with E-state index in [1.165, 1.54) is 0 Å². The highest BCUT2D eigenvalue weighted by Crippen LogP contribution is 2.21. The van der Waals surface area contributed by atoms with E-state index in [2.05, 4.69) is 46.4 Å². The van der Waals surface area contributed by atoms with Gasteiger partial charge >= 0.3 is 0 Å². The number of rotatable bonds is 5. The summed E-state index contributed by atoms with van der Waals surface area (Å²) < 4.78 is 0. The molecule has 0 aliphatic rings. The third kappa shape index (κ3) is 5.08. The first kappa shape index (κ1) is 20.6. The fourth-order valence-corrected chi connectivity index (χ4v) is 3.45. The van der Waals surface area contributed by atoms with Crippen molar-refractivity contribution in [3.8, 4) is 22.3 Å². The van der Waals surface area contributed by atoms with Crippen LogP contribution in [0.3, 0.4) is 0 Å². The van der Waals surface area contributed by atoms with Crippen LogP contribution in [0.5, 0.6) is 0 Å². The molecule has 0 aromatic heterocycles. The Bertz CT molecular complexity index is 1180. The molecule has 0 saturated heterocycles. The normalized spacial score (nSPS) is 12.0. The fourth-order valence-electron chi connectivity index (χ4n) is 3.33. The molecular formula is C27H22ClN3. The van der Waals surface area contributed by atoms with Crippen LogP contribution in [0.1, 0.15) is 11.1 Å². The standard InChI is InChI=1S/C27H22ClN3/c28-19-30-27(25-17-13-23(14-18-25)21-9-5-2-6-10-21)31-26(29)24-15-11-22(12-16-24)20-7-3-1-4-8-20/h1-18H,19H2,(H2,29,30,31). The van der Waals surface area contributed by atoms with Crippen molar-refractivity contribution in [3.63, 3.8) is 0 Å². The van der Waals surface area contributed by atoms with E-state index in [0.717, 1.165) is 33.4 Å². The van der Waals surface area contributed by atoms with Crippen molar-refractivity contribution in [2.24, 2.45) is 15.7 Å². The first-order valence-electron chi connectivity index (χ1n) is 10.0. The highest BCUT2D eigenvalue weighted by molar-refractivity contribution is 6.19. The lowest BCUT2D eigenvalue weighted by Crippen LogP contribution is -2.16. The molecule has 0 saturated carbocycles. The summed E-state index contributed by atoms with van der Waals surface area (Å²) in [6, 6.07) is 36.7. The first-order valence-corrected chi connectivity index (χ1v) is 10.5. The molecule has 4 rings (SSSR count). The molecule has 2 N–H and O–H groups in total. The zero-order chi connectivity index (χ0) is 21.5. The quantitative estimate of drug-likeness (QED) is 0.172. The Morgan fingerprint density at radius 1 is 0.581 bits per heavy atom. The predicted octanol–water partition coefficient (Wildman–Crippen LogP) is 6.37. The van der Waals surface area contributed by atoms with Gasteiger partial charge < -0.3 is 5.73 Å². The van der Waals surface area contributed by atoms with Crippen molar-refractivity contribution in [1.29, 1.82) is 0 Å². The third-order valence-electron chi connectivity index (χ3n) is 4.97. The third-order valence-corrected chi connectivity index (χ3v) is 5.09. The number of hydrogen-bond donors (Lipinski definition) is 1. The summed E-state index contributed by atoms with van der Waals surface area (Å²) in [5, 5.41) is 0. The Balaban J connectivity index is 1.58. The maximum Gasteiger partial charge on any atom is 0.158 e. The van der Waals surface area contributed by atoms with Gasteiger partial charge in [0.05, 0.1) is 0 Å². The minimum absolute atomic E-state index is 0.111. The number of nitrogens with two attached hydrogens (primary N) is 1. The Labute approximate surface area is 187 Å². The average molecular weight is 424 g/mol. The lowest BCUT2D eigenvalue weighted by molar-refractivity contribution is 1.32. The van der Waals surface area contributed by atoms with Crippen LogP contribution in [0, 0.1) is 0 Å². The van der Waals surface area contributed by atoms with Crippen LogP contribution in [0.4, 0.5) is 0 Å². The first-order chi connectivity index (χ1) is 15.2. The highest BCUT2D eigenvalue weighted by atomic mass is 35.5. The highest BCUT2D eigenvalue weighted by Gasteiger charge is 2.07. The van der Waals surface area contributed by atoms with E-state index in [-0.39, 0.29) is 6.00 Å². The lowest BCUT2D eigenvalue weighted by Gasteiger charge is -2.07. The Hall–Kier alpha value is -3.69. The maximum absolute atomic E-state index is 6.30. The lowest BCUT2D eigenvalue weighted by atomic mass is 10.0. The number of amidine groups is 2. The molecule has 0 aliphatic carbocycles. The van der Waals surface area contributed by atoms with Crippen molar-refractivity contribution < 1.29 is 0 Å². The molecule has 0 amide bonds. The van der Waals surface area contributed by atoms with Gasteiger partial charge in [-0.25, -0.2) is 9.98 Å². The van der Waals surface area contributed by atoms with Crippen LogP contribution in [-0.4, -0.2) is 17.7 Å². The van der Waals surface area contributed by atoms with Crippen molar-refractivity contribution in [1.82, 2.24) is 0 Å². The van der Waals surface area contributed by atoms with Crippen molar-refractivity contribution in [3.05, 3.63) is 120 Å². The van der Waals surface area contributed by atoms with Crippen molar-refractivity contribution >= 4 is 23.3 Å². The van der Waals surface area contributed by atoms with Gasteiger partial charge in [-0.2, -0.15) is 0 Å². The van der Waals surface area contributed by atoms with Gasteiger partial charge in [-0.3, -0.25) is 0 Å². The Morgan fingerprint density at radius 3 is 1.45 bits per heavy atom. The monoisotopic (exact) mass is 423 g/mol. The molecule has 0 atom stereocenters. The van der Waals surface area contributed by atoms with Crippen LogP contribution in [0.15, 0.2) is 119 Å². The molecule has 4 aromatic carbocycles. The number of aliphatic imine (C=N–C) groups is 2. The van der Waals surface area contributed by atoms with Crippen LogP contribution < -0.4 is 5.73 Å².